The molecule has 3 heteroatoms. The third-order valence-corrected chi connectivity index (χ3v) is 1.67. The Morgan fingerprint density at radius 2 is 1.15 bits per heavy atom. The third-order valence-electron chi connectivity index (χ3n) is 1.67. The van der Waals surface area contributed by atoms with Crippen LogP contribution in [0.5, 0.6) is 0 Å². The largest absolute Gasteiger partial charge is 0.197 e. The number of rotatable bonds is 0. The maximum atomic E-state index is 4.00. The summed E-state index contributed by atoms with van der Waals surface area (Å²) in [6, 6.07) is 15.5. The Hall–Kier alpha value is -1.90. The van der Waals surface area contributed by atoms with Gasteiger partial charge in [0.25, 0.3) is 0 Å². The highest BCUT2D eigenvalue weighted by Gasteiger charge is 1.88. The summed E-state index contributed by atoms with van der Waals surface area (Å²) in [7, 11) is 0. The van der Waals surface area contributed by atoms with Crippen molar-refractivity contribution in [3.05, 3.63) is 48.5 Å². The highest BCUT2D eigenvalue weighted by molar-refractivity contribution is 5.71. The van der Waals surface area contributed by atoms with Gasteiger partial charge in [-0.3, -0.25) is 0 Å². The average Bonchev–Trinajstić information content (AvgIpc) is 2.59. The molecule has 0 atom stereocenters. The zero-order chi connectivity index (χ0) is 8.93. The van der Waals surface area contributed by atoms with Crippen LogP contribution in [0.3, 0.4) is 0 Å². The van der Waals surface area contributed by atoms with Crippen molar-refractivity contribution in [3.63, 3.8) is 0 Å². The Bertz CT molecular complexity index is 406. The molecule has 0 unspecified atom stereocenters. The van der Waals surface area contributed by atoms with Crippen molar-refractivity contribution in [2.45, 2.75) is 0 Å². The normalized spacial score (nSPS) is 9.54. The van der Waals surface area contributed by atoms with Crippen LogP contribution >= 0.6 is 0 Å². The molecule has 0 bridgehead atoms. The lowest BCUT2D eigenvalue weighted by Crippen LogP contribution is -1.64. The van der Waals surface area contributed by atoms with E-state index in [2.05, 4.69) is 15.4 Å². The molecular weight excluding hydrogens is 162 g/mol. The monoisotopic (exact) mass is 171 g/mol. The van der Waals surface area contributed by atoms with E-state index in [1.807, 2.05) is 48.5 Å². The number of fused-ring (bicyclic) bond motifs is 1. The van der Waals surface area contributed by atoms with Crippen LogP contribution in [0.25, 0.3) is 11.0 Å². The van der Waals surface area contributed by atoms with E-state index in [1.54, 1.807) is 0 Å². The van der Waals surface area contributed by atoms with Gasteiger partial charge >= 0.3 is 0 Å². The van der Waals surface area contributed by atoms with Gasteiger partial charge in [-0.2, -0.15) is 15.4 Å². The SMILES string of the molecule is c1ccccc2n[nH]nc2ccc1. The molecule has 1 aromatic carbocycles. The highest BCUT2D eigenvalue weighted by Crippen LogP contribution is 2.01. The summed E-state index contributed by atoms with van der Waals surface area (Å²) in [5.41, 5.74) is 1.72. The highest BCUT2D eigenvalue weighted by atomic mass is 15.3. The number of aromatic nitrogens is 3. The first-order valence-electron chi connectivity index (χ1n) is 4.06. The second kappa shape index (κ2) is 3.67. The molecular formula is C10H9N3. The molecule has 1 heterocycles. The quantitative estimate of drug-likeness (QED) is 0.659. The number of H-pyrrole nitrogens is 1. The number of aromatic amines is 1. The summed E-state index contributed by atoms with van der Waals surface area (Å²) >= 11 is 0. The number of hydrogen-bond donors (Lipinski definition) is 1. The third kappa shape index (κ3) is 1.82. The maximum absolute atomic E-state index is 4.00. The van der Waals surface area contributed by atoms with Gasteiger partial charge < -0.3 is 0 Å². The van der Waals surface area contributed by atoms with Gasteiger partial charge in [0.1, 0.15) is 11.0 Å². The van der Waals surface area contributed by atoms with Crippen molar-refractivity contribution < 1.29 is 0 Å². The van der Waals surface area contributed by atoms with Crippen molar-refractivity contribution in [2.24, 2.45) is 0 Å². The van der Waals surface area contributed by atoms with E-state index in [-0.39, 0.29) is 0 Å². The summed E-state index contributed by atoms with van der Waals surface area (Å²) in [6.45, 7) is 0. The molecule has 0 aliphatic carbocycles. The minimum Gasteiger partial charge on any atom is -0.197 e. The fraction of sp³-hybridized carbons (Fsp3) is 0. The van der Waals surface area contributed by atoms with E-state index < -0.39 is 0 Å². The molecule has 2 rings (SSSR count). The van der Waals surface area contributed by atoms with Crippen molar-refractivity contribution in [3.8, 4) is 0 Å². The van der Waals surface area contributed by atoms with Crippen molar-refractivity contribution in [1.82, 2.24) is 15.4 Å². The van der Waals surface area contributed by atoms with E-state index in [1.165, 1.54) is 0 Å². The molecule has 1 N–H and O–H groups in total. The topological polar surface area (TPSA) is 41.6 Å². The molecule has 0 aliphatic rings. The summed E-state index contributed by atoms with van der Waals surface area (Å²) in [5.74, 6) is 0. The molecule has 0 radical (unpaired) electrons. The first kappa shape index (κ1) is 7.73. The fourth-order valence-corrected chi connectivity index (χ4v) is 1.04. The van der Waals surface area contributed by atoms with Crippen LogP contribution in [-0.2, 0) is 0 Å². The minimum atomic E-state index is 0.858. The zero-order valence-corrected chi connectivity index (χ0v) is 7.01. The van der Waals surface area contributed by atoms with E-state index in [9.17, 15) is 0 Å². The Labute approximate surface area is 75.7 Å². The first-order chi connectivity index (χ1) is 6.47. The molecule has 0 saturated heterocycles. The molecule has 0 saturated carbocycles. The zero-order valence-electron chi connectivity index (χ0n) is 7.01. The van der Waals surface area contributed by atoms with Crippen LogP contribution in [0.1, 0.15) is 0 Å². The molecule has 13 heavy (non-hydrogen) atoms. The lowest BCUT2D eigenvalue weighted by atomic mass is 10.3. The van der Waals surface area contributed by atoms with Gasteiger partial charge in [0.05, 0.1) is 0 Å². The molecule has 2 aromatic rings. The van der Waals surface area contributed by atoms with Crippen molar-refractivity contribution in [2.75, 3.05) is 0 Å². The van der Waals surface area contributed by atoms with Gasteiger partial charge in [0.2, 0.25) is 0 Å². The van der Waals surface area contributed by atoms with E-state index in [0.29, 0.717) is 0 Å². The van der Waals surface area contributed by atoms with Crippen LogP contribution in [0.4, 0.5) is 0 Å². The molecule has 1 aromatic heterocycles. The molecule has 0 aliphatic heterocycles. The smallest absolute Gasteiger partial charge is 0.112 e. The van der Waals surface area contributed by atoms with Gasteiger partial charge in [0.15, 0.2) is 0 Å². The van der Waals surface area contributed by atoms with E-state index in [0.717, 1.165) is 11.0 Å². The standard InChI is InChI=1S/C10H9N3/c1-2-4-6-8-10-9(7-5-3-1)11-13-12-10/h1-8H,(H,11,12,13). The number of nitrogens with one attached hydrogen (secondary N) is 1. The molecule has 3 nitrogen and oxygen atoms in total. The van der Waals surface area contributed by atoms with Gasteiger partial charge in [-0.15, -0.1) is 0 Å². The second-order valence-corrected chi connectivity index (χ2v) is 2.58. The summed E-state index contributed by atoms with van der Waals surface area (Å²) in [5, 5.41) is 10.6. The maximum Gasteiger partial charge on any atom is 0.112 e. The lowest BCUT2D eigenvalue weighted by Gasteiger charge is -1.76. The molecule has 0 amide bonds. The molecule has 0 fully saturated rings. The minimum absolute atomic E-state index is 0.858. The van der Waals surface area contributed by atoms with Gasteiger partial charge in [0, 0.05) is 0 Å². The average molecular weight is 171 g/mol. The van der Waals surface area contributed by atoms with E-state index in [4.69, 9.17) is 0 Å². The van der Waals surface area contributed by atoms with Crippen LogP contribution in [-0.4, -0.2) is 15.4 Å². The van der Waals surface area contributed by atoms with Crippen LogP contribution in [0.15, 0.2) is 48.5 Å². The predicted octanol–water partition coefficient (Wildman–Crippen LogP) is 2.08. The van der Waals surface area contributed by atoms with Crippen LogP contribution in [0, 0.1) is 0 Å². The van der Waals surface area contributed by atoms with Crippen molar-refractivity contribution >= 4 is 11.0 Å². The Morgan fingerprint density at radius 1 is 0.692 bits per heavy atom. The summed E-state index contributed by atoms with van der Waals surface area (Å²) in [4.78, 5) is 0. The van der Waals surface area contributed by atoms with Crippen LogP contribution in [0.2, 0.25) is 0 Å². The van der Waals surface area contributed by atoms with Crippen molar-refractivity contribution in [1.29, 1.82) is 0 Å². The number of hydrogen-bond acceptors (Lipinski definition) is 2. The Morgan fingerprint density at radius 3 is 1.69 bits per heavy atom. The Balaban J connectivity index is 2.74. The van der Waals surface area contributed by atoms with E-state index >= 15 is 0 Å². The van der Waals surface area contributed by atoms with Crippen LogP contribution < -0.4 is 0 Å². The predicted molar refractivity (Wildman–Crippen MR) is 51.5 cm³/mol. The molecule has 64 valence electrons. The first-order valence-corrected chi connectivity index (χ1v) is 4.06. The second-order valence-electron chi connectivity index (χ2n) is 2.58. The Kier molecular flexibility index (Phi) is 2.18. The molecule has 0 spiro atoms. The fourth-order valence-electron chi connectivity index (χ4n) is 1.04. The van der Waals surface area contributed by atoms with Gasteiger partial charge in [-0.1, -0.05) is 36.4 Å². The number of nitrogens with zero attached hydrogens (tertiary/aromatic N) is 2. The summed E-state index contributed by atoms with van der Waals surface area (Å²) < 4.78 is 0. The van der Waals surface area contributed by atoms with Gasteiger partial charge in [-0.05, 0) is 12.1 Å². The lowest BCUT2D eigenvalue weighted by molar-refractivity contribution is 0.959. The summed E-state index contributed by atoms with van der Waals surface area (Å²) in [6.07, 6.45) is 0. The van der Waals surface area contributed by atoms with Gasteiger partial charge in [-0.25, -0.2) is 0 Å².